The van der Waals surface area contributed by atoms with Gasteiger partial charge >= 0.3 is 11.7 Å². The van der Waals surface area contributed by atoms with Crippen LogP contribution in [0.3, 0.4) is 0 Å². The van der Waals surface area contributed by atoms with Gasteiger partial charge in [-0.25, -0.2) is 0 Å². The van der Waals surface area contributed by atoms with E-state index in [2.05, 4.69) is 10.4 Å². The molecule has 0 aliphatic rings. The molecule has 19 heavy (non-hydrogen) atoms. The van der Waals surface area contributed by atoms with Crippen molar-refractivity contribution in [2.45, 2.75) is 25.8 Å². The number of aliphatic carboxylic acids is 1. The number of hydrogen-bond donors (Lipinski definition) is 2. The minimum Gasteiger partial charge on any atom is -0.481 e. The summed E-state index contributed by atoms with van der Waals surface area (Å²) >= 11 is 0. The molecular formula is C10H14N4O5. The molecule has 1 rings (SSSR count). The maximum Gasteiger partial charge on any atom is 0.307 e. The second-order valence-electron chi connectivity index (χ2n) is 4.36. The van der Waals surface area contributed by atoms with Gasteiger partial charge in [0.05, 0.1) is 11.3 Å². The molecule has 0 saturated heterocycles. The van der Waals surface area contributed by atoms with E-state index in [4.69, 9.17) is 5.11 Å². The Hall–Kier alpha value is -2.45. The molecule has 2 N–H and O–H groups in total. The number of carboxylic acid groups (broad SMARTS) is 1. The molecule has 0 aromatic carbocycles. The fourth-order valence-electron chi connectivity index (χ4n) is 1.32. The number of carboxylic acids is 1. The van der Waals surface area contributed by atoms with Gasteiger partial charge in [0.15, 0.2) is 0 Å². The van der Waals surface area contributed by atoms with E-state index in [1.54, 1.807) is 0 Å². The Labute approximate surface area is 108 Å². The van der Waals surface area contributed by atoms with Crippen LogP contribution in [0.4, 0.5) is 5.69 Å². The van der Waals surface area contributed by atoms with Crippen LogP contribution in [0.2, 0.25) is 0 Å². The molecule has 0 unspecified atom stereocenters. The van der Waals surface area contributed by atoms with Crippen molar-refractivity contribution in [1.29, 1.82) is 0 Å². The highest BCUT2D eigenvalue weighted by atomic mass is 16.6. The Morgan fingerprint density at radius 2 is 2.21 bits per heavy atom. The molecule has 9 heteroatoms. The summed E-state index contributed by atoms with van der Waals surface area (Å²) in [7, 11) is 0. The lowest BCUT2D eigenvalue weighted by molar-refractivity contribution is -0.385. The topological polar surface area (TPSA) is 127 Å². The third-order valence-electron chi connectivity index (χ3n) is 2.53. The average Bonchev–Trinajstić information content (AvgIpc) is 2.78. The average molecular weight is 270 g/mol. The molecule has 9 nitrogen and oxygen atoms in total. The van der Waals surface area contributed by atoms with E-state index in [0.717, 1.165) is 12.4 Å². The van der Waals surface area contributed by atoms with Crippen LogP contribution in [-0.2, 0) is 15.1 Å². The van der Waals surface area contributed by atoms with Gasteiger partial charge in [0.1, 0.15) is 17.9 Å². The van der Waals surface area contributed by atoms with Crippen molar-refractivity contribution in [3.05, 3.63) is 22.5 Å². The molecule has 1 aromatic heterocycles. The van der Waals surface area contributed by atoms with Crippen LogP contribution in [-0.4, -0.2) is 38.2 Å². The molecule has 0 spiro atoms. The van der Waals surface area contributed by atoms with E-state index in [-0.39, 0.29) is 18.7 Å². The third-order valence-corrected chi connectivity index (χ3v) is 2.53. The summed E-state index contributed by atoms with van der Waals surface area (Å²) in [6.45, 7) is 3.04. The van der Waals surface area contributed by atoms with E-state index >= 15 is 0 Å². The maximum atomic E-state index is 11.9. The quantitative estimate of drug-likeness (QED) is 0.558. The molecule has 0 radical (unpaired) electrons. The van der Waals surface area contributed by atoms with Crippen LogP contribution < -0.4 is 5.32 Å². The first kappa shape index (κ1) is 14.6. The second-order valence-corrected chi connectivity index (χ2v) is 4.36. The zero-order valence-electron chi connectivity index (χ0n) is 10.5. The lowest BCUT2D eigenvalue weighted by Crippen LogP contribution is -2.45. The van der Waals surface area contributed by atoms with Gasteiger partial charge in [0.2, 0.25) is 5.91 Å². The first-order chi connectivity index (χ1) is 8.75. The molecule has 0 atom stereocenters. The lowest BCUT2D eigenvalue weighted by Gasteiger charge is -2.23. The van der Waals surface area contributed by atoms with E-state index in [1.165, 1.54) is 18.5 Å². The normalized spacial score (nSPS) is 11.1. The van der Waals surface area contributed by atoms with Crippen molar-refractivity contribution in [1.82, 2.24) is 15.1 Å². The van der Waals surface area contributed by atoms with Crippen molar-refractivity contribution in [3.8, 4) is 0 Å². The fourth-order valence-corrected chi connectivity index (χ4v) is 1.32. The number of nitro groups is 1. The van der Waals surface area contributed by atoms with Crippen LogP contribution in [0.1, 0.15) is 20.3 Å². The summed E-state index contributed by atoms with van der Waals surface area (Å²) in [5.41, 5.74) is -1.36. The van der Waals surface area contributed by atoms with Gasteiger partial charge in [0.25, 0.3) is 0 Å². The highest BCUT2D eigenvalue weighted by Gasteiger charge is 2.31. The number of hydrogen-bond acceptors (Lipinski definition) is 5. The minimum absolute atomic E-state index is 0.0129. The lowest BCUT2D eigenvalue weighted by atomic mass is 10.1. The van der Waals surface area contributed by atoms with Gasteiger partial charge in [-0.1, -0.05) is 0 Å². The number of carbonyl (C=O) groups is 2. The van der Waals surface area contributed by atoms with E-state index in [0.29, 0.717) is 0 Å². The molecule has 0 aliphatic carbocycles. The van der Waals surface area contributed by atoms with E-state index in [9.17, 15) is 19.7 Å². The van der Waals surface area contributed by atoms with Crippen LogP contribution in [0, 0.1) is 10.1 Å². The van der Waals surface area contributed by atoms with Gasteiger partial charge in [-0.3, -0.25) is 24.4 Å². The maximum absolute atomic E-state index is 11.9. The van der Waals surface area contributed by atoms with Crippen molar-refractivity contribution in [2.24, 2.45) is 0 Å². The standard InChI is InChI=1S/C10H14N4O5/c1-10(2,9(17)11-4-3-8(15)16)13-6-7(5-12-13)14(18)19/h5-6H,3-4H2,1-2H3,(H,11,17)(H,15,16). The Morgan fingerprint density at radius 3 is 2.68 bits per heavy atom. The predicted molar refractivity (Wildman–Crippen MR) is 63.5 cm³/mol. The number of carbonyl (C=O) groups excluding carboxylic acids is 1. The molecular weight excluding hydrogens is 256 g/mol. The highest BCUT2D eigenvalue weighted by Crippen LogP contribution is 2.18. The Morgan fingerprint density at radius 1 is 1.58 bits per heavy atom. The largest absolute Gasteiger partial charge is 0.481 e. The predicted octanol–water partition coefficient (Wildman–Crippen LogP) is 0.117. The van der Waals surface area contributed by atoms with Crippen molar-refractivity contribution >= 4 is 17.6 Å². The number of nitrogens with one attached hydrogen (secondary N) is 1. The Bertz CT molecular complexity index is 508. The Balaban J connectivity index is 2.75. The van der Waals surface area contributed by atoms with E-state index < -0.39 is 22.3 Å². The summed E-state index contributed by atoms with van der Waals surface area (Å²) in [4.78, 5) is 32.2. The molecule has 0 bridgehead atoms. The zero-order chi connectivity index (χ0) is 14.6. The van der Waals surface area contributed by atoms with Gasteiger partial charge in [-0.05, 0) is 13.8 Å². The Kier molecular flexibility index (Phi) is 4.20. The van der Waals surface area contributed by atoms with Gasteiger partial charge in [-0.15, -0.1) is 0 Å². The number of amides is 1. The van der Waals surface area contributed by atoms with Gasteiger partial charge in [-0.2, -0.15) is 5.10 Å². The van der Waals surface area contributed by atoms with Crippen molar-refractivity contribution in [2.75, 3.05) is 6.54 Å². The van der Waals surface area contributed by atoms with Crippen molar-refractivity contribution in [3.63, 3.8) is 0 Å². The molecule has 1 amide bonds. The number of aromatic nitrogens is 2. The fraction of sp³-hybridized carbons (Fsp3) is 0.500. The van der Waals surface area contributed by atoms with Crippen LogP contribution in [0.5, 0.6) is 0 Å². The van der Waals surface area contributed by atoms with E-state index in [1.807, 2.05) is 0 Å². The molecule has 1 heterocycles. The second kappa shape index (κ2) is 5.46. The first-order valence-corrected chi connectivity index (χ1v) is 5.45. The molecule has 0 aliphatic heterocycles. The summed E-state index contributed by atoms with van der Waals surface area (Å²) in [5.74, 6) is -1.49. The van der Waals surface area contributed by atoms with Crippen LogP contribution in [0.15, 0.2) is 12.4 Å². The van der Waals surface area contributed by atoms with Crippen LogP contribution >= 0.6 is 0 Å². The molecule has 104 valence electrons. The van der Waals surface area contributed by atoms with Gasteiger partial charge in [0, 0.05) is 6.54 Å². The number of rotatable bonds is 6. The minimum atomic E-state index is -1.15. The smallest absolute Gasteiger partial charge is 0.307 e. The zero-order valence-corrected chi connectivity index (χ0v) is 10.5. The SMILES string of the molecule is CC(C)(C(=O)NCCC(=O)O)n1cc([N+](=O)[O-])cn1. The number of nitrogens with zero attached hydrogens (tertiary/aromatic N) is 3. The third kappa shape index (κ3) is 3.50. The molecule has 0 saturated carbocycles. The summed E-state index contributed by atoms with van der Waals surface area (Å²) in [5, 5.41) is 25.2. The van der Waals surface area contributed by atoms with Crippen LogP contribution in [0.25, 0.3) is 0 Å². The van der Waals surface area contributed by atoms with Crippen molar-refractivity contribution < 1.29 is 19.6 Å². The highest BCUT2D eigenvalue weighted by molar-refractivity contribution is 5.83. The van der Waals surface area contributed by atoms with Gasteiger partial charge < -0.3 is 10.4 Å². The monoisotopic (exact) mass is 270 g/mol. The summed E-state index contributed by atoms with van der Waals surface area (Å²) < 4.78 is 1.17. The molecule has 0 fully saturated rings. The first-order valence-electron chi connectivity index (χ1n) is 5.45. The summed E-state index contributed by atoms with van der Waals surface area (Å²) in [6, 6.07) is 0. The summed E-state index contributed by atoms with van der Waals surface area (Å²) in [6.07, 6.45) is 2.00. The molecule has 1 aromatic rings.